The molecule has 2 N–H and O–H groups in total. The second kappa shape index (κ2) is 9.57. The van der Waals surface area contributed by atoms with E-state index in [-0.39, 0.29) is 5.82 Å². The minimum Gasteiger partial charge on any atom is -0.354 e. The van der Waals surface area contributed by atoms with Crippen LogP contribution >= 0.6 is 15.9 Å². The van der Waals surface area contributed by atoms with Gasteiger partial charge in [-0.2, -0.15) is 4.98 Å². The molecule has 0 amide bonds. The predicted molar refractivity (Wildman–Crippen MR) is 114 cm³/mol. The van der Waals surface area contributed by atoms with E-state index in [4.69, 9.17) is 0 Å². The van der Waals surface area contributed by atoms with E-state index in [1.54, 1.807) is 12.3 Å². The van der Waals surface area contributed by atoms with Crippen molar-refractivity contribution in [2.45, 2.75) is 6.42 Å². The Balaban J connectivity index is 1.86. The van der Waals surface area contributed by atoms with Gasteiger partial charge in [-0.3, -0.25) is 4.98 Å². The second-order valence-corrected chi connectivity index (χ2v) is 7.36. The van der Waals surface area contributed by atoms with E-state index in [0.29, 0.717) is 27.6 Å². The van der Waals surface area contributed by atoms with Crippen molar-refractivity contribution in [3.63, 3.8) is 0 Å². The largest absolute Gasteiger partial charge is 0.354 e. The summed E-state index contributed by atoms with van der Waals surface area (Å²) in [5.41, 5.74) is 2.17. The van der Waals surface area contributed by atoms with Gasteiger partial charge in [0.1, 0.15) is 11.6 Å². The van der Waals surface area contributed by atoms with Crippen molar-refractivity contribution in [2.24, 2.45) is 0 Å². The quantitative estimate of drug-likeness (QED) is 0.496. The van der Waals surface area contributed by atoms with E-state index in [2.05, 4.69) is 46.4 Å². The lowest BCUT2D eigenvalue weighted by molar-refractivity contribution is 0.405. The summed E-state index contributed by atoms with van der Waals surface area (Å²) in [6.07, 6.45) is 2.70. The summed E-state index contributed by atoms with van der Waals surface area (Å²) in [7, 11) is 4.08. The van der Waals surface area contributed by atoms with Crippen LogP contribution in [0.15, 0.2) is 53.1 Å². The average molecular weight is 445 g/mol. The highest BCUT2D eigenvalue weighted by Crippen LogP contribution is 2.28. The molecule has 0 aliphatic carbocycles. The van der Waals surface area contributed by atoms with Crippen LogP contribution in [0.3, 0.4) is 0 Å². The van der Waals surface area contributed by atoms with Crippen molar-refractivity contribution in [2.75, 3.05) is 37.8 Å². The van der Waals surface area contributed by atoms with Crippen LogP contribution in [0, 0.1) is 5.82 Å². The van der Waals surface area contributed by atoms with E-state index in [1.165, 1.54) is 12.1 Å². The molecule has 6 nitrogen and oxygen atoms in total. The Kier molecular flexibility index (Phi) is 6.89. The molecule has 2 heterocycles. The number of pyridine rings is 1. The van der Waals surface area contributed by atoms with Gasteiger partial charge in [0.2, 0.25) is 5.95 Å². The first kappa shape index (κ1) is 20.2. The lowest BCUT2D eigenvalue weighted by atomic mass is 10.2. The van der Waals surface area contributed by atoms with Crippen LogP contribution in [-0.2, 0) is 0 Å². The number of hydrogen-bond donors (Lipinski definition) is 2. The minimum atomic E-state index is -0.308. The monoisotopic (exact) mass is 444 g/mol. The summed E-state index contributed by atoms with van der Waals surface area (Å²) in [5, 5.41) is 6.49. The first-order chi connectivity index (χ1) is 13.5. The van der Waals surface area contributed by atoms with Gasteiger partial charge in [0, 0.05) is 23.3 Å². The molecule has 0 unspecified atom stereocenters. The Hall–Kier alpha value is -2.58. The van der Waals surface area contributed by atoms with Crippen LogP contribution in [0.25, 0.3) is 11.4 Å². The molecule has 146 valence electrons. The lowest BCUT2D eigenvalue weighted by Crippen LogP contribution is -2.17. The molecular formula is C20H22BrFN6. The zero-order valence-corrected chi connectivity index (χ0v) is 17.4. The molecule has 0 atom stereocenters. The first-order valence-electron chi connectivity index (χ1n) is 8.92. The van der Waals surface area contributed by atoms with Gasteiger partial charge < -0.3 is 15.5 Å². The zero-order chi connectivity index (χ0) is 19.9. The van der Waals surface area contributed by atoms with E-state index in [1.807, 2.05) is 38.4 Å². The van der Waals surface area contributed by atoms with Gasteiger partial charge in [-0.05, 0) is 73.3 Å². The lowest BCUT2D eigenvalue weighted by Gasteiger charge is -2.13. The van der Waals surface area contributed by atoms with E-state index in [0.717, 1.165) is 25.2 Å². The number of hydrogen-bond acceptors (Lipinski definition) is 6. The van der Waals surface area contributed by atoms with E-state index >= 15 is 0 Å². The summed E-state index contributed by atoms with van der Waals surface area (Å²) in [6, 6.07) is 12.0. The van der Waals surface area contributed by atoms with Crippen molar-refractivity contribution in [1.82, 2.24) is 19.9 Å². The van der Waals surface area contributed by atoms with Gasteiger partial charge in [0.15, 0.2) is 0 Å². The average Bonchev–Trinajstić information content (AvgIpc) is 2.68. The molecule has 0 radical (unpaired) electrons. The van der Waals surface area contributed by atoms with Crippen LogP contribution < -0.4 is 10.6 Å². The molecule has 0 spiro atoms. The summed E-state index contributed by atoms with van der Waals surface area (Å²) in [5.74, 6) is 0.804. The Labute approximate surface area is 172 Å². The normalized spacial score (nSPS) is 10.9. The Morgan fingerprint density at radius 1 is 1.07 bits per heavy atom. The number of aromatic nitrogens is 3. The molecule has 28 heavy (non-hydrogen) atoms. The maximum absolute atomic E-state index is 13.4. The fraction of sp³-hybridized carbons (Fsp3) is 0.250. The fourth-order valence-corrected chi connectivity index (χ4v) is 3.01. The topological polar surface area (TPSA) is 66.0 Å². The number of rotatable bonds is 8. The molecule has 0 saturated carbocycles. The molecule has 0 bridgehead atoms. The van der Waals surface area contributed by atoms with Crippen LogP contribution in [0.5, 0.6) is 0 Å². The second-order valence-electron chi connectivity index (χ2n) is 6.51. The van der Waals surface area contributed by atoms with Gasteiger partial charge in [-0.25, -0.2) is 9.37 Å². The number of nitrogens with one attached hydrogen (secondary N) is 2. The van der Waals surface area contributed by atoms with Crippen molar-refractivity contribution in [3.05, 3.63) is 59.0 Å². The van der Waals surface area contributed by atoms with Crippen LogP contribution in [0.2, 0.25) is 0 Å². The highest BCUT2D eigenvalue weighted by Gasteiger charge is 2.10. The Morgan fingerprint density at radius 2 is 1.93 bits per heavy atom. The minimum absolute atomic E-state index is 0.308. The Morgan fingerprint density at radius 3 is 2.64 bits per heavy atom. The maximum atomic E-state index is 13.4. The third-order valence-corrected chi connectivity index (χ3v) is 4.57. The van der Waals surface area contributed by atoms with Gasteiger partial charge in [-0.15, -0.1) is 0 Å². The van der Waals surface area contributed by atoms with Gasteiger partial charge >= 0.3 is 0 Å². The summed E-state index contributed by atoms with van der Waals surface area (Å²) in [6.45, 7) is 1.73. The molecule has 0 saturated heterocycles. The smallest absolute Gasteiger partial charge is 0.225 e. The summed E-state index contributed by atoms with van der Waals surface area (Å²) >= 11 is 3.37. The van der Waals surface area contributed by atoms with Crippen LogP contribution in [-0.4, -0.2) is 47.0 Å². The van der Waals surface area contributed by atoms with E-state index in [9.17, 15) is 4.39 Å². The van der Waals surface area contributed by atoms with Crippen LogP contribution in [0.4, 0.5) is 21.8 Å². The third kappa shape index (κ3) is 5.71. The molecule has 3 rings (SSSR count). The molecule has 0 aliphatic heterocycles. The highest BCUT2D eigenvalue weighted by molar-refractivity contribution is 9.10. The maximum Gasteiger partial charge on any atom is 0.225 e. The standard InChI is InChI=1S/C20H22BrFN6/c1-28(2)11-5-10-24-20-26-18(17-6-3-4-9-23-17)13-19(27-20)25-16-8-7-14(22)12-15(16)21/h3-4,6-9,12-13H,5,10-11H2,1-2H3,(H2,24,25,26,27). The SMILES string of the molecule is CN(C)CCCNc1nc(Nc2ccc(F)cc2Br)cc(-c2ccccn2)n1. The number of halogens is 2. The summed E-state index contributed by atoms with van der Waals surface area (Å²) < 4.78 is 14.0. The molecule has 1 aromatic carbocycles. The number of anilines is 3. The fourth-order valence-electron chi connectivity index (χ4n) is 2.56. The summed E-state index contributed by atoms with van der Waals surface area (Å²) in [4.78, 5) is 15.6. The first-order valence-corrected chi connectivity index (χ1v) is 9.72. The highest BCUT2D eigenvalue weighted by atomic mass is 79.9. The van der Waals surface area contributed by atoms with Gasteiger partial charge in [0.05, 0.1) is 17.1 Å². The predicted octanol–water partition coefficient (Wildman–Crippen LogP) is 4.55. The molecule has 0 aliphatic rings. The van der Waals surface area contributed by atoms with Crippen molar-refractivity contribution >= 4 is 33.4 Å². The van der Waals surface area contributed by atoms with Crippen molar-refractivity contribution in [3.8, 4) is 11.4 Å². The van der Waals surface area contributed by atoms with Crippen molar-refractivity contribution in [1.29, 1.82) is 0 Å². The van der Waals surface area contributed by atoms with Crippen LogP contribution in [0.1, 0.15) is 6.42 Å². The van der Waals surface area contributed by atoms with Crippen molar-refractivity contribution < 1.29 is 4.39 Å². The molecule has 8 heteroatoms. The number of benzene rings is 1. The third-order valence-electron chi connectivity index (χ3n) is 3.91. The number of nitrogens with zero attached hydrogens (tertiary/aromatic N) is 4. The molecule has 0 fully saturated rings. The Bertz CT molecular complexity index is 920. The van der Waals surface area contributed by atoms with Gasteiger partial charge in [0.25, 0.3) is 0 Å². The van der Waals surface area contributed by atoms with E-state index < -0.39 is 0 Å². The molecule has 3 aromatic rings. The molecular weight excluding hydrogens is 423 g/mol. The zero-order valence-electron chi connectivity index (χ0n) is 15.8. The molecule has 2 aromatic heterocycles. The van der Waals surface area contributed by atoms with Gasteiger partial charge in [-0.1, -0.05) is 6.07 Å².